The average Bonchev–Trinajstić information content (AvgIpc) is 3.42. The fraction of sp³-hybridized carbons (Fsp3) is 0.400. The summed E-state index contributed by atoms with van der Waals surface area (Å²) < 4.78 is 21.5. The maximum Gasteiger partial charge on any atom is 0.262 e. The summed E-state index contributed by atoms with van der Waals surface area (Å²) in [6, 6.07) is 2.11. The molecule has 3 aromatic heterocycles. The van der Waals surface area contributed by atoms with Crippen LogP contribution in [0.15, 0.2) is 24.7 Å². The van der Waals surface area contributed by atoms with E-state index in [4.69, 9.17) is 4.74 Å². The van der Waals surface area contributed by atoms with Crippen molar-refractivity contribution in [3.05, 3.63) is 41.7 Å². The average molecular weight is 411 g/mol. The van der Waals surface area contributed by atoms with Gasteiger partial charge in [0.2, 0.25) is 11.8 Å². The van der Waals surface area contributed by atoms with Gasteiger partial charge >= 0.3 is 0 Å². The molecule has 1 saturated heterocycles. The normalized spacial score (nSPS) is 20.2. The molecule has 1 amide bonds. The quantitative estimate of drug-likeness (QED) is 0.661. The molecular formula is C20H22FN7O2. The van der Waals surface area contributed by atoms with E-state index in [1.165, 1.54) is 12.3 Å². The van der Waals surface area contributed by atoms with E-state index < -0.39 is 11.7 Å². The van der Waals surface area contributed by atoms with Gasteiger partial charge in [0, 0.05) is 49.8 Å². The molecule has 0 bridgehead atoms. The van der Waals surface area contributed by atoms with Crippen LogP contribution in [0.3, 0.4) is 0 Å². The first-order chi connectivity index (χ1) is 14.5. The van der Waals surface area contributed by atoms with Gasteiger partial charge in [0.25, 0.3) is 5.91 Å². The molecule has 156 valence electrons. The Kier molecular flexibility index (Phi) is 4.50. The van der Waals surface area contributed by atoms with Gasteiger partial charge in [0.15, 0.2) is 11.5 Å². The van der Waals surface area contributed by atoms with Crippen molar-refractivity contribution in [2.75, 3.05) is 29.9 Å². The zero-order valence-corrected chi connectivity index (χ0v) is 16.7. The number of fused-ring (bicyclic) bond motifs is 2. The van der Waals surface area contributed by atoms with E-state index in [1.54, 1.807) is 23.7 Å². The summed E-state index contributed by atoms with van der Waals surface area (Å²) in [6.07, 6.45) is 5.84. The van der Waals surface area contributed by atoms with E-state index >= 15 is 0 Å². The fourth-order valence-electron chi connectivity index (χ4n) is 3.87. The van der Waals surface area contributed by atoms with Crippen LogP contribution in [0.25, 0.3) is 5.65 Å². The number of nitrogens with zero attached hydrogens (tertiary/aromatic N) is 5. The molecule has 5 rings (SSSR count). The third kappa shape index (κ3) is 3.32. The first kappa shape index (κ1) is 18.7. The Hall–Kier alpha value is -3.27. The Morgan fingerprint density at radius 1 is 1.40 bits per heavy atom. The smallest absolute Gasteiger partial charge is 0.262 e. The van der Waals surface area contributed by atoms with Crippen LogP contribution in [-0.4, -0.2) is 57.0 Å². The minimum atomic E-state index is -0.518. The lowest BCUT2D eigenvalue weighted by Gasteiger charge is -2.27. The molecule has 10 heteroatoms. The topological polar surface area (TPSA) is 96.7 Å². The van der Waals surface area contributed by atoms with Crippen molar-refractivity contribution in [2.24, 2.45) is 0 Å². The number of aromatic nitrogens is 4. The van der Waals surface area contributed by atoms with Crippen LogP contribution < -0.4 is 20.3 Å². The van der Waals surface area contributed by atoms with Crippen molar-refractivity contribution >= 4 is 23.2 Å². The van der Waals surface area contributed by atoms with E-state index in [-0.39, 0.29) is 17.1 Å². The number of carbonyl (C=O) groups excluding carboxylic acids is 1. The zero-order chi connectivity index (χ0) is 20.8. The van der Waals surface area contributed by atoms with E-state index in [1.807, 2.05) is 6.92 Å². The second-order valence-electron chi connectivity index (χ2n) is 7.52. The van der Waals surface area contributed by atoms with Gasteiger partial charge in [-0.25, -0.2) is 14.4 Å². The number of pyridine rings is 1. The Labute approximate surface area is 172 Å². The number of amides is 1. The fourth-order valence-corrected chi connectivity index (χ4v) is 3.87. The standard InChI is InChI=1S/C20H22FN7O2/c1-3-30-19-13(8-23-20(26-19)28-5-4-22-15-7-16(15)28)18(29)25-12-6-14(21)17-24-11(2)9-27(17)10-12/h6,8-10,15-16,22H,3-5,7H2,1-2H3,(H,25,29). The molecule has 2 atom stereocenters. The van der Waals surface area contributed by atoms with Crippen molar-refractivity contribution in [3.63, 3.8) is 0 Å². The highest BCUT2D eigenvalue weighted by atomic mass is 19.1. The minimum absolute atomic E-state index is 0.199. The summed E-state index contributed by atoms with van der Waals surface area (Å²) in [5.74, 6) is -0.207. The summed E-state index contributed by atoms with van der Waals surface area (Å²) >= 11 is 0. The lowest BCUT2D eigenvalue weighted by Crippen LogP contribution is -2.44. The number of piperazine rings is 1. The number of aryl methyl sites for hydroxylation is 1. The number of hydrogen-bond donors (Lipinski definition) is 2. The van der Waals surface area contributed by atoms with Crippen molar-refractivity contribution in [2.45, 2.75) is 32.4 Å². The first-order valence-corrected chi connectivity index (χ1v) is 9.99. The highest BCUT2D eigenvalue weighted by molar-refractivity contribution is 6.05. The lowest BCUT2D eigenvalue weighted by atomic mass is 10.3. The molecule has 0 aromatic carbocycles. The van der Waals surface area contributed by atoms with Gasteiger partial charge < -0.3 is 24.7 Å². The number of halogens is 1. The Balaban J connectivity index is 1.42. The summed E-state index contributed by atoms with van der Waals surface area (Å²) in [5.41, 5.74) is 1.40. The molecule has 9 nitrogen and oxygen atoms in total. The minimum Gasteiger partial charge on any atom is -0.477 e. The molecule has 0 radical (unpaired) electrons. The van der Waals surface area contributed by atoms with Gasteiger partial charge in [-0.3, -0.25) is 4.79 Å². The van der Waals surface area contributed by atoms with Crippen LogP contribution in [0.5, 0.6) is 5.88 Å². The molecular weight excluding hydrogens is 389 g/mol. The van der Waals surface area contributed by atoms with Crippen LogP contribution in [0.4, 0.5) is 16.0 Å². The van der Waals surface area contributed by atoms with Gasteiger partial charge in [-0.1, -0.05) is 0 Å². The predicted molar refractivity (Wildman–Crippen MR) is 109 cm³/mol. The molecule has 30 heavy (non-hydrogen) atoms. The molecule has 1 saturated carbocycles. The molecule has 4 heterocycles. The molecule has 2 aliphatic rings. The lowest BCUT2D eigenvalue weighted by molar-refractivity contribution is 0.102. The molecule has 2 unspecified atom stereocenters. The molecule has 2 fully saturated rings. The zero-order valence-electron chi connectivity index (χ0n) is 16.7. The van der Waals surface area contributed by atoms with Crippen LogP contribution in [0.2, 0.25) is 0 Å². The highest BCUT2D eigenvalue weighted by Crippen LogP contribution is 2.33. The number of ether oxygens (including phenoxy) is 1. The van der Waals surface area contributed by atoms with Crippen molar-refractivity contribution < 1.29 is 13.9 Å². The summed E-state index contributed by atoms with van der Waals surface area (Å²) in [5, 5.41) is 6.15. The van der Waals surface area contributed by atoms with E-state index in [0.29, 0.717) is 36.0 Å². The van der Waals surface area contributed by atoms with E-state index in [9.17, 15) is 9.18 Å². The van der Waals surface area contributed by atoms with Gasteiger partial charge in [-0.2, -0.15) is 4.98 Å². The molecule has 1 aliphatic heterocycles. The number of carbonyl (C=O) groups is 1. The van der Waals surface area contributed by atoms with Crippen LogP contribution in [0.1, 0.15) is 29.4 Å². The monoisotopic (exact) mass is 411 g/mol. The molecule has 1 aliphatic carbocycles. The molecule has 2 N–H and O–H groups in total. The maximum atomic E-state index is 14.3. The third-order valence-electron chi connectivity index (χ3n) is 5.32. The van der Waals surface area contributed by atoms with Gasteiger partial charge in [-0.05, 0) is 20.3 Å². The van der Waals surface area contributed by atoms with E-state index in [0.717, 1.165) is 19.5 Å². The highest BCUT2D eigenvalue weighted by Gasteiger charge is 2.45. The molecule has 0 spiro atoms. The Morgan fingerprint density at radius 3 is 3.10 bits per heavy atom. The third-order valence-corrected chi connectivity index (χ3v) is 5.32. The van der Waals surface area contributed by atoms with Crippen LogP contribution in [0, 0.1) is 12.7 Å². The number of rotatable bonds is 5. The predicted octanol–water partition coefficient (Wildman–Crippen LogP) is 1.77. The van der Waals surface area contributed by atoms with E-state index in [2.05, 4.69) is 30.5 Å². The number of nitrogens with one attached hydrogen (secondary N) is 2. The maximum absolute atomic E-state index is 14.3. The Morgan fingerprint density at radius 2 is 2.27 bits per heavy atom. The second kappa shape index (κ2) is 7.21. The second-order valence-corrected chi connectivity index (χ2v) is 7.52. The van der Waals surface area contributed by atoms with Crippen molar-refractivity contribution in [3.8, 4) is 5.88 Å². The van der Waals surface area contributed by atoms with Crippen LogP contribution in [-0.2, 0) is 0 Å². The molecule has 3 aromatic rings. The van der Waals surface area contributed by atoms with Crippen molar-refractivity contribution in [1.29, 1.82) is 0 Å². The van der Waals surface area contributed by atoms with Crippen LogP contribution >= 0.6 is 0 Å². The number of anilines is 2. The largest absolute Gasteiger partial charge is 0.477 e. The van der Waals surface area contributed by atoms with Gasteiger partial charge in [-0.15, -0.1) is 0 Å². The Bertz CT molecular complexity index is 1130. The van der Waals surface area contributed by atoms with Gasteiger partial charge in [0.05, 0.1) is 18.0 Å². The summed E-state index contributed by atoms with van der Waals surface area (Å²) in [6.45, 7) is 5.65. The van der Waals surface area contributed by atoms with Gasteiger partial charge in [0.1, 0.15) is 5.56 Å². The SMILES string of the molecule is CCOc1nc(N2CCNC3CC32)ncc1C(=O)Nc1cc(F)c2nc(C)cn2c1. The number of hydrogen-bond acceptors (Lipinski definition) is 7. The number of imidazole rings is 1. The van der Waals surface area contributed by atoms with Crippen molar-refractivity contribution in [1.82, 2.24) is 24.7 Å². The summed E-state index contributed by atoms with van der Waals surface area (Å²) in [4.78, 5) is 28.1. The first-order valence-electron chi connectivity index (χ1n) is 9.99. The summed E-state index contributed by atoms with van der Waals surface area (Å²) in [7, 11) is 0.